The third kappa shape index (κ3) is 4.73. The number of carbonyl (C=O) groups is 1. The zero-order valence-corrected chi connectivity index (χ0v) is 15.7. The van der Waals surface area contributed by atoms with Gasteiger partial charge in [0.05, 0.1) is 6.54 Å². The molecular weight excluding hydrogens is 342 g/mol. The van der Waals surface area contributed by atoms with Gasteiger partial charge in [-0.25, -0.2) is 0 Å². The SMILES string of the molecule is CCc1ccccc1OC(C)C(=O)NCc1nc(-c2cccc(C)c2)no1. The van der Waals surface area contributed by atoms with E-state index in [0.29, 0.717) is 11.7 Å². The van der Waals surface area contributed by atoms with Crippen molar-refractivity contribution in [3.63, 3.8) is 0 Å². The van der Waals surface area contributed by atoms with Crippen molar-refractivity contribution >= 4 is 5.91 Å². The third-order valence-corrected chi connectivity index (χ3v) is 4.18. The van der Waals surface area contributed by atoms with Crippen molar-refractivity contribution in [1.29, 1.82) is 0 Å². The van der Waals surface area contributed by atoms with Gasteiger partial charge in [-0.2, -0.15) is 4.98 Å². The van der Waals surface area contributed by atoms with Gasteiger partial charge in [0.2, 0.25) is 11.7 Å². The van der Waals surface area contributed by atoms with Gasteiger partial charge < -0.3 is 14.6 Å². The van der Waals surface area contributed by atoms with Crippen molar-refractivity contribution in [2.24, 2.45) is 0 Å². The second kappa shape index (κ2) is 8.49. The minimum absolute atomic E-state index is 0.154. The molecule has 0 spiro atoms. The molecule has 0 saturated carbocycles. The summed E-state index contributed by atoms with van der Waals surface area (Å²) < 4.78 is 11.0. The number of ether oxygens (including phenoxy) is 1. The van der Waals surface area contributed by atoms with Crippen molar-refractivity contribution in [3.8, 4) is 17.1 Å². The van der Waals surface area contributed by atoms with Crippen molar-refractivity contribution < 1.29 is 14.1 Å². The van der Waals surface area contributed by atoms with Gasteiger partial charge in [-0.1, -0.05) is 54.0 Å². The van der Waals surface area contributed by atoms with Crippen LogP contribution in [0.2, 0.25) is 0 Å². The fraction of sp³-hybridized carbons (Fsp3) is 0.286. The quantitative estimate of drug-likeness (QED) is 0.691. The summed E-state index contributed by atoms with van der Waals surface area (Å²) in [5, 5.41) is 6.74. The van der Waals surface area contributed by atoms with E-state index < -0.39 is 6.10 Å². The zero-order chi connectivity index (χ0) is 19.2. The lowest BCUT2D eigenvalue weighted by atomic mass is 10.1. The first-order valence-electron chi connectivity index (χ1n) is 8.98. The highest BCUT2D eigenvalue weighted by molar-refractivity contribution is 5.80. The summed E-state index contributed by atoms with van der Waals surface area (Å²) >= 11 is 0. The number of para-hydroxylation sites is 1. The Balaban J connectivity index is 1.57. The van der Waals surface area contributed by atoms with E-state index in [0.717, 1.165) is 28.9 Å². The summed E-state index contributed by atoms with van der Waals surface area (Å²) in [5.74, 6) is 1.34. The molecule has 6 heteroatoms. The van der Waals surface area contributed by atoms with Crippen LogP contribution in [0.5, 0.6) is 5.75 Å². The van der Waals surface area contributed by atoms with E-state index >= 15 is 0 Å². The molecule has 1 aromatic heterocycles. The van der Waals surface area contributed by atoms with Crippen LogP contribution in [0.4, 0.5) is 0 Å². The summed E-state index contributed by atoms with van der Waals surface area (Å²) in [7, 11) is 0. The maximum atomic E-state index is 12.3. The molecule has 0 saturated heterocycles. The van der Waals surface area contributed by atoms with Crippen LogP contribution in [0.25, 0.3) is 11.4 Å². The van der Waals surface area contributed by atoms with Crippen molar-refractivity contribution in [2.45, 2.75) is 39.8 Å². The molecule has 1 N–H and O–H groups in total. The second-order valence-corrected chi connectivity index (χ2v) is 6.32. The van der Waals surface area contributed by atoms with E-state index in [1.54, 1.807) is 6.92 Å². The second-order valence-electron chi connectivity index (χ2n) is 6.32. The third-order valence-electron chi connectivity index (χ3n) is 4.18. The Morgan fingerprint density at radius 1 is 1.22 bits per heavy atom. The molecule has 27 heavy (non-hydrogen) atoms. The summed E-state index contributed by atoms with van der Waals surface area (Å²) in [5.41, 5.74) is 3.06. The molecule has 6 nitrogen and oxygen atoms in total. The van der Waals surface area contributed by atoms with Crippen molar-refractivity contribution in [2.75, 3.05) is 0 Å². The molecule has 3 rings (SSSR count). The largest absolute Gasteiger partial charge is 0.481 e. The van der Waals surface area contributed by atoms with Gasteiger partial charge in [0.25, 0.3) is 5.91 Å². The summed E-state index contributed by atoms with van der Waals surface area (Å²) in [4.78, 5) is 16.6. The lowest BCUT2D eigenvalue weighted by Crippen LogP contribution is -2.36. The Bertz CT molecular complexity index is 920. The molecule has 1 amide bonds. The van der Waals surface area contributed by atoms with E-state index in [4.69, 9.17) is 9.26 Å². The molecule has 0 radical (unpaired) electrons. The topological polar surface area (TPSA) is 77.2 Å². The molecule has 1 unspecified atom stereocenters. The number of hydrogen-bond acceptors (Lipinski definition) is 5. The summed E-state index contributed by atoms with van der Waals surface area (Å²) in [6, 6.07) is 15.6. The van der Waals surface area contributed by atoms with Crippen molar-refractivity contribution in [3.05, 3.63) is 65.5 Å². The molecule has 0 bridgehead atoms. The predicted molar refractivity (Wildman–Crippen MR) is 102 cm³/mol. The molecule has 140 valence electrons. The average molecular weight is 365 g/mol. The molecule has 0 aliphatic carbocycles. The van der Waals surface area contributed by atoms with E-state index in [9.17, 15) is 4.79 Å². The first-order valence-corrected chi connectivity index (χ1v) is 8.98. The molecule has 2 aromatic carbocycles. The van der Waals surface area contributed by atoms with Gasteiger partial charge in [-0.3, -0.25) is 4.79 Å². The maximum Gasteiger partial charge on any atom is 0.261 e. The molecule has 1 atom stereocenters. The van der Waals surface area contributed by atoms with Crippen LogP contribution in [0.15, 0.2) is 53.1 Å². The first kappa shape index (κ1) is 18.6. The Morgan fingerprint density at radius 3 is 2.81 bits per heavy atom. The lowest BCUT2D eigenvalue weighted by Gasteiger charge is -2.16. The van der Waals surface area contributed by atoms with Crippen LogP contribution >= 0.6 is 0 Å². The molecule has 0 aliphatic rings. The number of amides is 1. The van der Waals surface area contributed by atoms with Crippen LogP contribution in [0.1, 0.15) is 30.9 Å². The number of rotatable bonds is 7. The predicted octanol–water partition coefficient (Wildman–Crippen LogP) is 3.69. The first-order chi connectivity index (χ1) is 13.1. The Labute approximate surface area is 158 Å². The molecule has 0 aliphatic heterocycles. The highest BCUT2D eigenvalue weighted by atomic mass is 16.5. The average Bonchev–Trinajstić information content (AvgIpc) is 3.15. The van der Waals surface area contributed by atoms with Gasteiger partial charge in [0.15, 0.2) is 6.10 Å². The number of hydrogen-bond donors (Lipinski definition) is 1. The smallest absolute Gasteiger partial charge is 0.261 e. The molecule has 0 fully saturated rings. The highest BCUT2D eigenvalue weighted by Gasteiger charge is 2.17. The standard InChI is InChI=1S/C21H23N3O3/c1-4-16-9-5-6-11-18(16)26-15(3)21(25)22-13-19-23-20(24-27-19)17-10-7-8-14(2)12-17/h5-12,15H,4,13H2,1-3H3,(H,22,25). The maximum absolute atomic E-state index is 12.3. The number of carbonyl (C=O) groups excluding carboxylic acids is 1. The van der Waals surface area contributed by atoms with Crippen LogP contribution in [0, 0.1) is 6.92 Å². The number of nitrogens with zero attached hydrogens (tertiary/aromatic N) is 2. The van der Waals surface area contributed by atoms with Crippen LogP contribution in [-0.4, -0.2) is 22.2 Å². The van der Waals surface area contributed by atoms with E-state index in [1.807, 2.05) is 62.4 Å². The van der Waals surface area contributed by atoms with Gasteiger partial charge >= 0.3 is 0 Å². The van der Waals surface area contributed by atoms with E-state index in [1.165, 1.54) is 0 Å². The van der Waals surface area contributed by atoms with E-state index in [-0.39, 0.29) is 12.5 Å². The number of aryl methyl sites for hydroxylation is 2. The Hall–Kier alpha value is -3.15. The van der Waals surface area contributed by atoms with E-state index in [2.05, 4.69) is 15.5 Å². The fourth-order valence-corrected chi connectivity index (χ4v) is 2.69. The summed E-state index contributed by atoms with van der Waals surface area (Å²) in [6.07, 6.45) is 0.214. The molecular formula is C21H23N3O3. The normalized spacial score (nSPS) is 11.8. The monoisotopic (exact) mass is 365 g/mol. The highest BCUT2D eigenvalue weighted by Crippen LogP contribution is 2.20. The number of nitrogens with one attached hydrogen (secondary N) is 1. The van der Waals surface area contributed by atoms with Crippen LogP contribution in [-0.2, 0) is 17.8 Å². The zero-order valence-electron chi connectivity index (χ0n) is 15.7. The summed E-state index contributed by atoms with van der Waals surface area (Å²) in [6.45, 7) is 5.92. The van der Waals surface area contributed by atoms with Gasteiger partial charge in [0, 0.05) is 5.56 Å². The van der Waals surface area contributed by atoms with Gasteiger partial charge in [0.1, 0.15) is 5.75 Å². The van der Waals surface area contributed by atoms with Gasteiger partial charge in [-0.15, -0.1) is 0 Å². The van der Waals surface area contributed by atoms with Crippen LogP contribution < -0.4 is 10.1 Å². The fourth-order valence-electron chi connectivity index (χ4n) is 2.69. The Kier molecular flexibility index (Phi) is 5.86. The molecule has 1 heterocycles. The molecule has 3 aromatic rings. The van der Waals surface area contributed by atoms with Gasteiger partial charge in [-0.05, 0) is 38.0 Å². The number of benzene rings is 2. The lowest BCUT2D eigenvalue weighted by molar-refractivity contribution is -0.127. The minimum atomic E-state index is -0.628. The Morgan fingerprint density at radius 2 is 2.04 bits per heavy atom. The van der Waals surface area contributed by atoms with Crippen LogP contribution in [0.3, 0.4) is 0 Å². The number of aromatic nitrogens is 2. The minimum Gasteiger partial charge on any atom is -0.481 e. The van der Waals surface area contributed by atoms with Crippen molar-refractivity contribution in [1.82, 2.24) is 15.5 Å².